The molecule has 2 rings (SSSR count). The van der Waals surface area contributed by atoms with Gasteiger partial charge in [0.1, 0.15) is 6.10 Å². The number of rotatable bonds is 7. The molecule has 3 heteroatoms. The van der Waals surface area contributed by atoms with E-state index >= 15 is 0 Å². The largest absolute Gasteiger partial charge is 0.493 e. The fraction of sp³-hybridized carbons (Fsp3) is 0.667. The monoisotopic (exact) mass is 291 g/mol. The van der Waals surface area contributed by atoms with Gasteiger partial charge in [-0.05, 0) is 43.9 Å². The summed E-state index contributed by atoms with van der Waals surface area (Å²) >= 11 is 0. The molecule has 1 atom stereocenters. The van der Waals surface area contributed by atoms with Gasteiger partial charge < -0.3 is 14.8 Å². The van der Waals surface area contributed by atoms with Gasteiger partial charge in [-0.2, -0.15) is 0 Å². The van der Waals surface area contributed by atoms with Crippen LogP contribution < -0.4 is 14.8 Å². The number of benzene rings is 1. The topological polar surface area (TPSA) is 30.5 Å². The Hall–Kier alpha value is -1.22. The molecule has 0 spiro atoms. The number of hydrogen-bond acceptors (Lipinski definition) is 3. The lowest BCUT2D eigenvalue weighted by Crippen LogP contribution is -2.37. The van der Waals surface area contributed by atoms with Crippen LogP contribution in [0.15, 0.2) is 18.2 Å². The maximum Gasteiger partial charge on any atom is 0.161 e. The Labute approximate surface area is 129 Å². The van der Waals surface area contributed by atoms with Gasteiger partial charge in [0.15, 0.2) is 11.5 Å². The molecule has 1 aliphatic carbocycles. The molecule has 1 aromatic carbocycles. The predicted molar refractivity (Wildman–Crippen MR) is 87.3 cm³/mol. The van der Waals surface area contributed by atoms with Crippen molar-refractivity contribution in [3.63, 3.8) is 0 Å². The van der Waals surface area contributed by atoms with Crippen molar-refractivity contribution >= 4 is 0 Å². The Morgan fingerprint density at radius 3 is 2.62 bits per heavy atom. The Bertz CT molecular complexity index is 427. The summed E-state index contributed by atoms with van der Waals surface area (Å²) in [6.45, 7) is 5.15. The molecule has 0 bridgehead atoms. The molecule has 1 aromatic rings. The van der Waals surface area contributed by atoms with Crippen LogP contribution in [0.5, 0.6) is 11.5 Å². The maximum atomic E-state index is 6.04. The minimum atomic E-state index is 0.147. The van der Waals surface area contributed by atoms with Crippen molar-refractivity contribution in [2.45, 2.75) is 64.5 Å². The number of nitrogens with one attached hydrogen (secondary N) is 1. The van der Waals surface area contributed by atoms with Gasteiger partial charge >= 0.3 is 0 Å². The van der Waals surface area contributed by atoms with Crippen LogP contribution >= 0.6 is 0 Å². The minimum absolute atomic E-state index is 0.147. The van der Waals surface area contributed by atoms with E-state index in [1.165, 1.54) is 37.7 Å². The van der Waals surface area contributed by atoms with Crippen LogP contribution in [-0.2, 0) is 6.42 Å². The summed E-state index contributed by atoms with van der Waals surface area (Å²) in [5, 5.41) is 3.64. The number of hydrogen-bond donors (Lipinski definition) is 1. The first-order chi connectivity index (χ1) is 10.2. The van der Waals surface area contributed by atoms with Gasteiger partial charge in [-0.3, -0.25) is 0 Å². The lowest BCUT2D eigenvalue weighted by molar-refractivity contribution is 0.197. The van der Waals surface area contributed by atoms with E-state index in [4.69, 9.17) is 9.47 Å². The van der Waals surface area contributed by atoms with Gasteiger partial charge in [0.25, 0.3) is 0 Å². The molecule has 1 unspecified atom stereocenters. The highest BCUT2D eigenvalue weighted by Gasteiger charge is 2.15. The predicted octanol–water partition coefficient (Wildman–Crippen LogP) is 3.95. The average molecular weight is 291 g/mol. The Balaban J connectivity index is 1.85. The summed E-state index contributed by atoms with van der Waals surface area (Å²) in [6.07, 6.45) is 7.88. The summed E-state index contributed by atoms with van der Waals surface area (Å²) in [6, 6.07) is 6.87. The van der Waals surface area contributed by atoms with Crippen LogP contribution in [0.4, 0.5) is 0 Å². The molecular weight excluding hydrogens is 262 g/mol. The molecule has 1 N–H and O–H groups in total. The summed E-state index contributed by atoms with van der Waals surface area (Å²) in [5.74, 6) is 1.67. The summed E-state index contributed by atoms with van der Waals surface area (Å²) in [4.78, 5) is 0. The molecule has 0 heterocycles. The van der Waals surface area contributed by atoms with E-state index in [-0.39, 0.29) is 6.10 Å². The van der Waals surface area contributed by atoms with Gasteiger partial charge in [0.05, 0.1) is 7.11 Å². The van der Waals surface area contributed by atoms with E-state index in [2.05, 4.69) is 31.3 Å². The van der Waals surface area contributed by atoms with Crippen molar-refractivity contribution in [2.75, 3.05) is 13.7 Å². The Morgan fingerprint density at radius 1 is 1.19 bits per heavy atom. The van der Waals surface area contributed by atoms with Crippen molar-refractivity contribution in [3.05, 3.63) is 23.8 Å². The van der Waals surface area contributed by atoms with Crippen LogP contribution in [0, 0.1) is 0 Å². The van der Waals surface area contributed by atoms with Gasteiger partial charge in [0.2, 0.25) is 0 Å². The molecule has 0 radical (unpaired) electrons. The number of methoxy groups -OCH3 is 1. The van der Waals surface area contributed by atoms with Gasteiger partial charge in [0, 0.05) is 12.6 Å². The SMILES string of the molecule is CCc1ccc(OC(C)CNC2CCCCC2)c(OC)c1. The summed E-state index contributed by atoms with van der Waals surface area (Å²) in [7, 11) is 1.70. The van der Waals surface area contributed by atoms with Crippen molar-refractivity contribution in [3.8, 4) is 11.5 Å². The molecule has 118 valence electrons. The highest BCUT2D eigenvalue weighted by atomic mass is 16.5. The van der Waals surface area contributed by atoms with Crippen molar-refractivity contribution in [1.82, 2.24) is 5.32 Å². The molecule has 0 aliphatic heterocycles. The van der Waals surface area contributed by atoms with Crippen molar-refractivity contribution < 1.29 is 9.47 Å². The molecule has 1 fully saturated rings. The quantitative estimate of drug-likeness (QED) is 0.825. The molecule has 3 nitrogen and oxygen atoms in total. The lowest BCUT2D eigenvalue weighted by Gasteiger charge is -2.25. The van der Waals surface area contributed by atoms with E-state index in [1.807, 2.05) is 6.07 Å². The molecule has 1 aliphatic rings. The zero-order valence-electron chi connectivity index (χ0n) is 13.7. The second kappa shape index (κ2) is 8.28. The van der Waals surface area contributed by atoms with E-state index < -0.39 is 0 Å². The fourth-order valence-electron chi connectivity index (χ4n) is 2.93. The lowest BCUT2D eigenvalue weighted by atomic mass is 9.95. The Kier molecular flexibility index (Phi) is 6.37. The molecule has 0 amide bonds. The third-order valence-electron chi connectivity index (χ3n) is 4.26. The van der Waals surface area contributed by atoms with Crippen LogP contribution in [0.25, 0.3) is 0 Å². The van der Waals surface area contributed by atoms with Crippen LogP contribution in [0.1, 0.15) is 51.5 Å². The second-order valence-corrected chi connectivity index (χ2v) is 6.01. The molecular formula is C18H29NO2. The standard InChI is InChI=1S/C18H29NO2/c1-4-15-10-11-17(18(12-15)20-3)21-14(2)13-19-16-8-6-5-7-9-16/h10-12,14,16,19H,4-9,13H2,1-3H3. The smallest absolute Gasteiger partial charge is 0.161 e. The number of aryl methyl sites for hydroxylation is 1. The molecule has 0 aromatic heterocycles. The van der Waals surface area contributed by atoms with Crippen molar-refractivity contribution in [1.29, 1.82) is 0 Å². The average Bonchev–Trinajstić information content (AvgIpc) is 2.54. The highest BCUT2D eigenvalue weighted by molar-refractivity contribution is 5.43. The van der Waals surface area contributed by atoms with Crippen LogP contribution in [0.3, 0.4) is 0 Å². The van der Waals surface area contributed by atoms with E-state index in [1.54, 1.807) is 7.11 Å². The first-order valence-corrected chi connectivity index (χ1v) is 8.30. The minimum Gasteiger partial charge on any atom is -0.493 e. The van der Waals surface area contributed by atoms with E-state index in [9.17, 15) is 0 Å². The third kappa shape index (κ3) is 4.92. The van der Waals surface area contributed by atoms with Crippen LogP contribution in [0.2, 0.25) is 0 Å². The fourth-order valence-corrected chi connectivity index (χ4v) is 2.93. The zero-order chi connectivity index (χ0) is 15.1. The van der Waals surface area contributed by atoms with Gasteiger partial charge in [-0.1, -0.05) is 32.3 Å². The number of ether oxygens (including phenoxy) is 2. The van der Waals surface area contributed by atoms with E-state index in [0.717, 1.165) is 24.5 Å². The summed E-state index contributed by atoms with van der Waals surface area (Å²) < 4.78 is 11.5. The zero-order valence-corrected chi connectivity index (χ0v) is 13.7. The van der Waals surface area contributed by atoms with Gasteiger partial charge in [-0.15, -0.1) is 0 Å². The third-order valence-corrected chi connectivity index (χ3v) is 4.26. The molecule has 1 saturated carbocycles. The van der Waals surface area contributed by atoms with E-state index in [0.29, 0.717) is 6.04 Å². The van der Waals surface area contributed by atoms with Crippen molar-refractivity contribution in [2.24, 2.45) is 0 Å². The normalized spacial score (nSPS) is 17.5. The second-order valence-electron chi connectivity index (χ2n) is 6.01. The summed E-state index contributed by atoms with van der Waals surface area (Å²) in [5.41, 5.74) is 1.27. The molecule has 0 saturated heterocycles. The Morgan fingerprint density at radius 2 is 1.95 bits per heavy atom. The molecule has 21 heavy (non-hydrogen) atoms. The highest BCUT2D eigenvalue weighted by Crippen LogP contribution is 2.29. The van der Waals surface area contributed by atoms with Gasteiger partial charge in [-0.25, -0.2) is 0 Å². The van der Waals surface area contributed by atoms with Crippen LogP contribution in [-0.4, -0.2) is 25.8 Å². The first-order valence-electron chi connectivity index (χ1n) is 8.30. The maximum absolute atomic E-state index is 6.04. The first kappa shape index (κ1) is 16.2.